The SMILES string of the molecule is O=[N+]([O-])c1ccccc1Cc1nnc(Nc2ccc3[nH]ncc3c2Cl)s1. The molecule has 2 aromatic heterocycles. The number of halogens is 1. The number of nitro benzene ring substituents is 1. The highest BCUT2D eigenvalue weighted by Gasteiger charge is 2.15. The minimum atomic E-state index is -0.393. The molecular weight excluding hydrogens is 376 g/mol. The Labute approximate surface area is 156 Å². The van der Waals surface area contributed by atoms with Gasteiger partial charge in [0, 0.05) is 23.4 Å². The van der Waals surface area contributed by atoms with E-state index in [4.69, 9.17) is 11.6 Å². The van der Waals surface area contributed by atoms with E-state index < -0.39 is 4.92 Å². The van der Waals surface area contributed by atoms with Crippen molar-refractivity contribution in [1.29, 1.82) is 0 Å². The van der Waals surface area contributed by atoms with Crippen LogP contribution < -0.4 is 5.32 Å². The first-order valence-corrected chi connectivity index (χ1v) is 8.74. The van der Waals surface area contributed by atoms with Gasteiger partial charge in [0.15, 0.2) is 0 Å². The molecule has 0 aliphatic carbocycles. The van der Waals surface area contributed by atoms with Crippen molar-refractivity contribution < 1.29 is 4.92 Å². The molecule has 10 heteroatoms. The number of nitrogens with zero attached hydrogens (tertiary/aromatic N) is 4. The molecule has 2 aromatic carbocycles. The van der Waals surface area contributed by atoms with Gasteiger partial charge in [-0.1, -0.05) is 41.1 Å². The number of anilines is 2. The van der Waals surface area contributed by atoms with E-state index in [9.17, 15) is 10.1 Å². The summed E-state index contributed by atoms with van der Waals surface area (Å²) in [5.74, 6) is 0. The number of nitrogens with one attached hydrogen (secondary N) is 2. The maximum Gasteiger partial charge on any atom is 0.273 e. The smallest absolute Gasteiger partial charge is 0.273 e. The fraction of sp³-hybridized carbons (Fsp3) is 0.0625. The molecule has 2 heterocycles. The Morgan fingerprint density at radius 1 is 1.23 bits per heavy atom. The Balaban J connectivity index is 1.56. The average Bonchev–Trinajstić information content (AvgIpc) is 3.27. The minimum Gasteiger partial charge on any atom is -0.329 e. The molecule has 0 saturated carbocycles. The second-order valence-electron chi connectivity index (χ2n) is 5.45. The Morgan fingerprint density at radius 2 is 2.08 bits per heavy atom. The van der Waals surface area contributed by atoms with E-state index in [0.29, 0.717) is 32.8 Å². The summed E-state index contributed by atoms with van der Waals surface area (Å²) < 4.78 is 0. The summed E-state index contributed by atoms with van der Waals surface area (Å²) in [6.07, 6.45) is 1.99. The first-order chi connectivity index (χ1) is 12.6. The normalized spacial score (nSPS) is 11.0. The Bertz CT molecular complexity index is 1110. The van der Waals surface area contributed by atoms with Gasteiger partial charge >= 0.3 is 0 Å². The summed E-state index contributed by atoms with van der Waals surface area (Å²) in [5, 5.41) is 31.9. The molecule has 0 aliphatic rings. The van der Waals surface area contributed by atoms with Crippen molar-refractivity contribution in [3.05, 3.63) is 68.3 Å². The first-order valence-electron chi connectivity index (χ1n) is 7.55. The van der Waals surface area contributed by atoms with Crippen molar-refractivity contribution in [1.82, 2.24) is 20.4 Å². The van der Waals surface area contributed by atoms with Gasteiger partial charge in [0.2, 0.25) is 5.13 Å². The van der Waals surface area contributed by atoms with Gasteiger partial charge in [-0.2, -0.15) is 5.10 Å². The van der Waals surface area contributed by atoms with E-state index >= 15 is 0 Å². The molecule has 0 bridgehead atoms. The number of aromatic amines is 1. The van der Waals surface area contributed by atoms with Gasteiger partial charge in [0.05, 0.1) is 27.3 Å². The third-order valence-corrected chi connectivity index (χ3v) is 5.04. The number of aromatic nitrogens is 4. The van der Waals surface area contributed by atoms with E-state index in [0.717, 1.165) is 10.9 Å². The van der Waals surface area contributed by atoms with Gasteiger partial charge < -0.3 is 5.32 Å². The highest BCUT2D eigenvalue weighted by atomic mass is 35.5. The third-order valence-electron chi connectivity index (χ3n) is 3.80. The topological polar surface area (TPSA) is 110 Å². The molecule has 0 saturated heterocycles. The fourth-order valence-electron chi connectivity index (χ4n) is 2.57. The van der Waals surface area contributed by atoms with Crippen LogP contribution in [0.4, 0.5) is 16.5 Å². The number of nitro groups is 1. The number of H-pyrrole nitrogens is 1. The van der Waals surface area contributed by atoms with E-state index in [-0.39, 0.29) is 5.69 Å². The summed E-state index contributed by atoms with van der Waals surface area (Å²) in [6.45, 7) is 0. The second-order valence-corrected chi connectivity index (χ2v) is 6.89. The van der Waals surface area contributed by atoms with Crippen LogP contribution in [0.2, 0.25) is 5.02 Å². The van der Waals surface area contributed by atoms with Crippen LogP contribution in [0.25, 0.3) is 10.9 Å². The summed E-state index contributed by atoms with van der Waals surface area (Å²) in [4.78, 5) is 10.7. The lowest BCUT2D eigenvalue weighted by molar-refractivity contribution is -0.385. The maximum absolute atomic E-state index is 11.1. The lowest BCUT2D eigenvalue weighted by Crippen LogP contribution is -1.96. The molecule has 0 atom stereocenters. The number of para-hydroxylation sites is 1. The van der Waals surface area contributed by atoms with Crippen molar-refractivity contribution in [2.45, 2.75) is 6.42 Å². The van der Waals surface area contributed by atoms with Crippen LogP contribution in [0, 0.1) is 10.1 Å². The van der Waals surface area contributed by atoms with Crippen LogP contribution in [0.15, 0.2) is 42.6 Å². The molecule has 2 N–H and O–H groups in total. The van der Waals surface area contributed by atoms with E-state index in [2.05, 4.69) is 25.7 Å². The zero-order valence-corrected chi connectivity index (χ0v) is 14.7. The quantitative estimate of drug-likeness (QED) is 0.390. The van der Waals surface area contributed by atoms with Crippen LogP contribution in [0.3, 0.4) is 0 Å². The van der Waals surface area contributed by atoms with E-state index in [1.165, 1.54) is 17.4 Å². The van der Waals surface area contributed by atoms with Crippen molar-refractivity contribution in [2.24, 2.45) is 0 Å². The molecular formula is C16H11ClN6O2S. The van der Waals surface area contributed by atoms with Gasteiger partial charge in [-0.05, 0) is 12.1 Å². The van der Waals surface area contributed by atoms with Crippen molar-refractivity contribution in [2.75, 3.05) is 5.32 Å². The second kappa shape index (κ2) is 6.70. The molecule has 0 unspecified atom stereocenters. The first kappa shape index (κ1) is 16.4. The molecule has 130 valence electrons. The Kier molecular flexibility index (Phi) is 4.23. The zero-order valence-electron chi connectivity index (χ0n) is 13.1. The van der Waals surface area contributed by atoms with Gasteiger partial charge in [-0.15, -0.1) is 10.2 Å². The van der Waals surface area contributed by atoms with Crippen LogP contribution in [0.1, 0.15) is 10.6 Å². The van der Waals surface area contributed by atoms with Crippen LogP contribution in [-0.2, 0) is 6.42 Å². The van der Waals surface area contributed by atoms with Crippen molar-refractivity contribution >= 4 is 50.3 Å². The van der Waals surface area contributed by atoms with Gasteiger partial charge in [-0.3, -0.25) is 15.2 Å². The van der Waals surface area contributed by atoms with Crippen LogP contribution in [0.5, 0.6) is 0 Å². The van der Waals surface area contributed by atoms with E-state index in [1.54, 1.807) is 24.4 Å². The predicted octanol–water partition coefficient (Wildman–Crippen LogP) is 4.31. The predicted molar refractivity (Wildman–Crippen MR) is 100 cm³/mol. The standard InChI is InChI=1S/C16H11ClN6O2S/c17-15-10-8-18-20-11(10)5-6-12(15)19-16-22-21-14(26-16)7-9-3-1-2-4-13(9)23(24)25/h1-6,8H,7H2,(H,18,20)(H,19,22). The largest absolute Gasteiger partial charge is 0.329 e. The maximum atomic E-state index is 11.1. The molecule has 8 nitrogen and oxygen atoms in total. The number of fused-ring (bicyclic) bond motifs is 1. The Hall–Kier alpha value is -3.04. The zero-order chi connectivity index (χ0) is 18.1. The highest BCUT2D eigenvalue weighted by Crippen LogP contribution is 2.33. The fourth-order valence-corrected chi connectivity index (χ4v) is 3.61. The third kappa shape index (κ3) is 3.09. The molecule has 26 heavy (non-hydrogen) atoms. The average molecular weight is 387 g/mol. The minimum absolute atomic E-state index is 0.0747. The number of rotatable bonds is 5. The lowest BCUT2D eigenvalue weighted by Gasteiger charge is -2.05. The molecule has 0 radical (unpaired) electrons. The highest BCUT2D eigenvalue weighted by molar-refractivity contribution is 7.15. The Morgan fingerprint density at radius 3 is 2.92 bits per heavy atom. The molecule has 0 aliphatic heterocycles. The number of benzene rings is 2. The summed E-state index contributed by atoms with van der Waals surface area (Å²) in [6, 6.07) is 10.3. The van der Waals surface area contributed by atoms with Gasteiger partial charge in [-0.25, -0.2) is 0 Å². The van der Waals surface area contributed by atoms with Crippen LogP contribution in [-0.4, -0.2) is 25.3 Å². The van der Waals surface area contributed by atoms with Crippen LogP contribution >= 0.6 is 22.9 Å². The number of hydrogen-bond acceptors (Lipinski definition) is 7. The van der Waals surface area contributed by atoms with E-state index in [1.807, 2.05) is 12.1 Å². The molecule has 0 spiro atoms. The van der Waals surface area contributed by atoms with Crippen molar-refractivity contribution in [3.8, 4) is 0 Å². The van der Waals surface area contributed by atoms with Gasteiger partial charge in [0.1, 0.15) is 5.01 Å². The molecule has 0 fully saturated rings. The lowest BCUT2D eigenvalue weighted by atomic mass is 10.1. The van der Waals surface area contributed by atoms with Crippen molar-refractivity contribution in [3.63, 3.8) is 0 Å². The summed E-state index contributed by atoms with van der Waals surface area (Å²) in [5.41, 5.74) is 2.20. The molecule has 0 amide bonds. The number of hydrogen-bond donors (Lipinski definition) is 2. The molecule has 4 aromatic rings. The summed E-state index contributed by atoms with van der Waals surface area (Å²) in [7, 11) is 0. The monoisotopic (exact) mass is 386 g/mol. The molecule has 4 rings (SSSR count). The summed E-state index contributed by atoms with van der Waals surface area (Å²) >= 11 is 7.71. The van der Waals surface area contributed by atoms with Gasteiger partial charge in [0.25, 0.3) is 5.69 Å².